The first-order valence-corrected chi connectivity index (χ1v) is 7.07. The summed E-state index contributed by atoms with van der Waals surface area (Å²) in [5.41, 5.74) is 3.08. The zero-order valence-corrected chi connectivity index (χ0v) is 11.1. The second kappa shape index (κ2) is 6.26. The largest absolute Gasteiger partial charge is 0.293 e. The average molecular weight is 282 g/mol. The van der Waals surface area contributed by atoms with E-state index in [1.807, 2.05) is 6.92 Å². The molecule has 102 valence electrons. The molecule has 0 unspecified atom stereocenters. The number of carbonyl (C=O) groups is 2. The monoisotopic (exact) mass is 282 g/mol. The van der Waals surface area contributed by atoms with Crippen LogP contribution < -0.4 is 11.3 Å². The summed E-state index contributed by atoms with van der Waals surface area (Å²) in [5.74, 6) is 2.71. The Morgan fingerprint density at radius 1 is 1.26 bits per heavy atom. The van der Waals surface area contributed by atoms with Gasteiger partial charge in [-0.15, -0.1) is 0 Å². The van der Waals surface area contributed by atoms with Crippen molar-refractivity contribution in [1.82, 2.24) is 5.43 Å². The molecule has 0 heterocycles. The van der Waals surface area contributed by atoms with Crippen molar-refractivity contribution in [3.8, 4) is 0 Å². The highest BCUT2D eigenvalue weighted by Gasteiger charge is 2.13. The fourth-order valence-corrected chi connectivity index (χ4v) is 2.13. The molecule has 0 spiro atoms. The van der Waals surface area contributed by atoms with Gasteiger partial charge in [0.25, 0.3) is 0 Å². The van der Waals surface area contributed by atoms with Gasteiger partial charge in [0.05, 0.1) is 0 Å². The minimum Gasteiger partial charge on any atom is -0.293 e. The Bertz CT molecular complexity index is 603. The van der Waals surface area contributed by atoms with Crippen LogP contribution in [0.2, 0.25) is 0 Å². The summed E-state index contributed by atoms with van der Waals surface area (Å²) in [6.45, 7) is 1.87. The maximum Gasteiger partial charge on any atom is 0.249 e. The lowest BCUT2D eigenvalue weighted by Crippen LogP contribution is -2.34. The molecular formula is C12H14N2O4S. The van der Waals surface area contributed by atoms with E-state index in [9.17, 15) is 18.0 Å². The Hall–Kier alpha value is -1.99. The van der Waals surface area contributed by atoms with Crippen LogP contribution in [0.3, 0.4) is 0 Å². The van der Waals surface area contributed by atoms with Gasteiger partial charge in [-0.25, -0.2) is 14.3 Å². The SMILES string of the molecule is Cc1ccc(C(=O)C=CS(=O)(=O)CC(=O)NN)cc1. The summed E-state index contributed by atoms with van der Waals surface area (Å²) in [5, 5.41) is 0.713. The van der Waals surface area contributed by atoms with E-state index in [1.54, 1.807) is 29.7 Å². The number of aryl methyl sites for hydroxylation is 1. The molecule has 1 aromatic carbocycles. The van der Waals surface area contributed by atoms with Crippen LogP contribution in [0.25, 0.3) is 0 Å². The molecule has 1 amide bonds. The van der Waals surface area contributed by atoms with Crippen molar-refractivity contribution in [3.05, 3.63) is 46.9 Å². The molecule has 0 aliphatic carbocycles. The van der Waals surface area contributed by atoms with Crippen LogP contribution >= 0.6 is 0 Å². The Morgan fingerprint density at radius 3 is 2.37 bits per heavy atom. The van der Waals surface area contributed by atoms with Crippen LogP contribution in [0.15, 0.2) is 35.7 Å². The molecule has 0 atom stereocenters. The summed E-state index contributed by atoms with van der Waals surface area (Å²) in [6, 6.07) is 6.69. The Kier molecular flexibility index (Phi) is 4.96. The third kappa shape index (κ3) is 5.02. The van der Waals surface area contributed by atoms with Crippen LogP contribution in [0.1, 0.15) is 15.9 Å². The van der Waals surface area contributed by atoms with E-state index in [-0.39, 0.29) is 0 Å². The van der Waals surface area contributed by atoms with Crippen LogP contribution in [-0.4, -0.2) is 25.9 Å². The van der Waals surface area contributed by atoms with Crippen molar-refractivity contribution >= 4 is 21.5 Å². The van der Waals surface area contributed by atoms with Gasteiger partial charge < -0.3 is 0 Å². The molecule has 0 aliphatic heterocycles. The molecule has 1 rings (SSSR count). The van der Waals surface area contributed by atoms with Gasteiger partial charge in [-0.1, -0.05) is 29.8 Å². The number of hydrogen-bond donors (Lipinski definition) is 2. The van der Waals surface area contributed by atoms with Crippen molar-refractivity contribution in [2.24, 2.45) is 5.84 Å². The maximum absolute atomic E-state index is 11.7. The van der Waals surface area contributed by atoms with E-state index in [1.165, 1.54) is 0 Å². The maximum atomic E-state index is 11.7. The number of nitrogens with two attached hydrogens (primary N) is 1. The summed E-state index contributed by atoms with van der Waals surface area (Å²) in [6.07, 6.45) is 0.920. The van der Waals surface area contributed by atoms with Gasteiger partial charge in [-0.3, -0.25) is 15.0 Å². The highest BCUT2D eigenvalue weighted by molar-refractivity contribution is 7.94. The Balaban J connectivity index is 2.78. The molecule has 19 heavy (non-hydrogen) atoms. The van der Waals surface area contributed by atoms with Gasteiger partial charge in [0.1, 0.15) is 5.75 Å². The molecule has 7 heteroatoms. The normalized spacial score (nSPS) is 11.5. The second-order valence-corrected chi connectivity index (χ2v) is 5.79. The smallest absolute Gasteiger partial charge is 0.249 e. The molecule has 3 N–H and O–H groups in total. The van der Waals surface area contributed by atoms with Crippen molar-refractivity contribution in [3.63, 3.8) is 0 Å². The van der Waals surface area contributed by atoms with E-state index >= 15 is 0 Å². The van der Waals surface area contributed by atoms with Crippen LogP contribution in [0.5, 0.6) is 0 Å². The number of nitrogens with one attached hydrogen (secondary N) is 1. The topological polar surface area (TPSA) is 106 Å². The predicted molar refractivity (Wildman–Crippen MR) is 70.8 cm³/mol. The fourth-order valence-electron chi connectivity index (χ4n) is 1.25. The van der Waals surface area contributed by atoms with Gasteiger partial charge in [0.2, 0.25) is 5.91 Å². The van der Waals surface area contributed by atoms with Gasteiger partial charge in [-0.2, -0.15) is 0 Å². The standard InChI is InChI=1S/C12H14N2O4S/c1-9-2-4-10(5-3-9)11(15)6-7-19(17,18)8-12(16)14-13/h2-7H,8,13H2,1H3,(H,14,16). The van der Waals surface area contributed by atoms with Crippen molar-refractivity contribution < 1.29 is 18.0 Å². The third-order valence-electron chi connectivity index (χ3n) is 2.26. The van der Waals surface area contributed by atoms with E-state index in [0.717, 1.165) is 11.6 Å². The molecule has 6 nitrogen and oxygen atoms in total. The zero-order chi connectivity index (χ0) is 14.5. The number of benzene rings is 1. The van der Waals surface area contributed by atoms with E-state index in [4.69, 9.17) is 5.84 Å². The van der Waals surface area contributed by atoms with E-state index in [0.29, 0.717) is 11.0 Å². The van der Waals surface area contributed by atoms with Crippen LogP contribution in [0.4, 0.5) is 0 Å². The molecule has 0 aromatic heterocycles. The van der Waals surface area contributed by atoms with Crippen LogP contribution in [0, 0.1) is 6.92 Å². The minimum absolute atomic E-state index is 0.375. The number of ketones is 1. The first kappa shape index (κ1) is 15.1. The summed E-state index contributed by atoms with van der Waals surface area (Å²) >= 11 is 0. The quantitative estimate of drug-likeness (QED) is 0.262. The predicted octanol–water partition coefficient (Wildman–Crippen LogP) is 0.0961. The summed E-state index contributed by atoms with van der Waals surface area (Å²) < 4.78 is 22.9. The number of hydrogen-bond acceptors (Lipinski definition) is 5. The lowest BCUT2D eigenvalue weighted by molar-refractivity contribution is -0.118. The number of amides is 1. The molecule has 0 bridgehead atoms. The minimum atomic E-state index is -3.80. The third-order valence-corrected chi connectivity index (χ3v) is 3.47. The Labute approximate surface area is 111 Å². The zero-order valence-electron chi connectivity index (χ0n) is 10.3. The number of carbonyl (C=O) groups excluding carboxylic acids is 2. The lowest BCUT2D eigenvalue weighted by Gasteiger charge is -1.98. The highest BCUT2D eigenvalue weighted by atomic mass is 32.2. The van der Waals surface area contributed by atoms with E-state index in [2.05, 4.69) is 0 Å². The number of sulfone groups is 1. The van der Waals surface area contributed by atoms with Gasteiger partial charge in [-0.05, 0) is 13.0 Å². The first-order chi connectivity index (χ1) is 8.84. The summed E-state index contributed by atoms with van der Waals surface area (Å²) in [4.78, 5) is 22.5. The number of hydrazine groups is 1. The molecular weight excluding hydrogens is 268 g/mol. The molecule has 0 fully saturated rings. The van der Waals surface area contributed by atoms with Crippen LogP contribution in [-0.2, 0) is 14.6 Å². The average Bonchev–Trinajstić information content (AvgIpc) is 2.36. The van der Waals surface area contributed by atoms with Crippen molar-refractivity contribution in [2.45, 2.75) is 6.92 Å². The second-order valence-electron chi connectivity index (χ2n) is 3.91. The number of allylic oxidation sites excluding steroid dienone is 1. The number of rotatable bonds is 5. The molecule has 1 aromatic rings. The van der Waals surface area contributed by atoms with Crippen molar-refractivity contribution in [1.29, 1.82) is 0 Å². The Morgan fingerprint density at radius 2 is 1.84 bits per heavy atom. The first-order valence-electron chi connectivity index (χ1n) is 5.35. The molecule has 0 aliphatic rings. The van der Waals surface area contributed by atoms with E-state index < -0.39 is 27.3 Å². The molecule has 0 radical (unpaired) electrons. The molecule has 0 saturated heterocycles. The molecule has 0 saturated carbocycles. The summed E-state index contributed by atoms with van der Waals surface area (Å²) in [7, 11) is -3.80. The lowest BCUT2D eigenvalue weighted by atomic mass is 10.1. The highest BCUT2D eigenvalue weighted by Crippen LogP contribution is 2.05. The van der Waals surface area contributed by atoms with Gasteiger partial charge in [0.15, 0.2) is 15.6 Å². The van der Waals surface area contributed by atoms with Gasteiger partial charge >= 0.3 is 0 Å². The fraction of sp³-hybridized carbons (Fsp3) is 0.167. The van der Waals surface area contributed by atoms with Crippen molar-refractivity contribution in [2.75, 3.05) is 5.75 Å². The van der Waals surface area contributed by atoms with Gasteiger partial charge in [0, 0.05) is 11.0 Å².